The largest absolute Gasteiger partial charge is 0.504 e. The molecule has 2 aromatic carbocycles. The van der Waals surface area contributed by atoms with Gasteiger partial charge in [0, 0.05) is 10.9 Å². The summed E-state index contributed by atoms with van der Waals surface area (Å²) < 4.78 is 16.1. The molecule has 7 heteroatoms. The van der Waals surface area contributed by atoms with E-state index in [0.717, 1.165) is 17.6 Å². The highest BCUT2D eigenvalue weighted by molar-refractivity contribution is 7.07. The van der Waals surface area contributed by atoms with Gasteiger partial charge in [0.25, 0.3) is 0 Å². The van der Waals surface area contributed by atoms with E-state index >= 15 is 0 Å². The summed E-state index contributed by atoms with van der Waals surface area (Å²) in [7, 11) is 0. The topological polar surface area (TPSA) is 70.1 Å². The fourth-order valence-electron chi connectivity index (χ4n) is 3.47. The van der Waals surface area contributed by atoms with Crippen LogP contribution in [0.5, 0.6) is 11.5 Å². The van der Waals surface area contributed by atoms with E-state index in [0.29, 0.717) is 16.8 Å². The van der Waals surface area contributed by atoms with Gasteiger partial charge < -0.3 is 10.2 Å². The maximum atomic E-state index is 14.4. The van der Waals surface area contributed by atoms with E-state index in [-0.39, 0.29) is 23.4 Å². The predicted molar refractivity (Wildman–Crippen MR) is 113 cm³/mol. The Morgan fingerprint density at radius 1 is 1.03 bits per heavy atom. The fraction of sp³-hybridized carbons (Fsp3) is 0.273. The number of hydrogen-bond donors (Lipinski definition) is 2. The molecule has 4 rings (SSSR count). The summed E-state index contributed by atoms with van der Waals surface area (Å²) in [6.07, 6.45) is 7.28. The molecule has 1 aliphatic carbocycles. The molecule has 0 atom stereocenters. The van der Waals surface area contributed by atoms with E-state index in [4.69, 9.17) is 4.99 Å². The van der Waals surface area contributed by atoms with Crippen LogP contribution in [-0.2, 0) is 0 Å². The second kappa shape index (κ2) is 8.61. The smallest absolute Gasteiger partial charge is 0.206 e. The summed E-state index contributed by atoms with van der Waals surface area (Å²) in [5, 5.41) is 25.6. The molecule has 1 heterocycles. The lowest BCUT2D eigenvalue weighted by molar-refractivity contribution is 0.403. The van der Waals surface area contributed by atoms with Crippen LogP contribution < -0.4 is 4.80 Å². The standard InChI is InChI=1S/C22H22FN3O2S/c23-18-9-5-4-8-17(18)19-14-29-22(25-16-6-2-1-3-7-16)26(19)24-13-15-10-11-20(27)21(28)12-15/h4-5,8-14,16,27-28H,1-3,6-7H2. The third kappa shape index (κ3) is 4.40. The van der Waals surface area contributed by atoms with E-state index in [9.17, 15) is 14.6 Å². The minimum atomic E-state index is -0.319. The SMILES string of the molecule is Oc1ccc(C=Nn2c(-c3ccccc3F)csc2=NC2CCCCC2)cc1O. The molecule has 3 aromatic rings. The minimum Gasteiger partial charge on any atom is -0.504 e. The van der Waals surface area contributed by atoms with Crippen LogP contribution in [0, 0.1) is 5.82 Å². The van der Waals surface area contributed by atoms with Gasteiger partial charge in [-0.15, -0.1) is 11.3 Å². The van der Waals surface area contributed by atoms with E-state index in [1.807, 2.05) is 5.38 Å². The van der Waals surface area contributed by atoms with E-state index in [1.165, 1.54) is 48.8 Å². The molecule has 0 spiro atoms. The number of phenols is 2. The molecule has 5 nitrogen and oxygen atoms in total. The van der Waals surface area contributed by atoms with Crippen molar-refractivity contribution in [3.05, 3.63) is 64.0 Å². The van der Waals surface area contributed by atoms with Crippen molar-refractivity contribution in [1.82, 2.24) is 4.68 Å². The molecule has 1 saturated carbocycles. The second-order valence-electron chi connectivity index (χ2n) is 7.11. The van der Waals surface area contributed by atoms with Crippen LogP contribution in [0.25, 0.3) is 11.3 Å². The van der Waals surface area contributed by atoms with Crippen molar-refractivity contribution in [2.75, 3.05) is 0 Å². The maximum absolute atomic E-state index is 14.4. The lowest BCUT2D eigenvalue weighted by Gasteiger charge is -2.16. The third-order valence-corrected chi connectivity index (χ3v) is 5.85. The Hall–Kier alpha value is -2.93. The number of phenolic OH excluding ortho intramolecular Hbond substituents is 2. The van der Waals surface area contributed by atoms with Gasteiger partial charge in [-0.3, -0.25) is 4.99 Å². The first-order valence-electron chi connectivity index (χ1n) is 9.67. The molecule has 2 N–H and O–H groups in total. The number of rotatable bonds is 4. The Bertz CT molecular complexity index is 1100. The van der Waals surface area contributed by atoms with Crippen LogP contribution in [0.4, 0.5) is 4.39 Å². The van der Waals surface area contributed by atoms with Crippen molar-refractivity contribution in [2.24, 2.45) is 10.1 Å². The molecule has 0 unspecified atom stereocenters. The molecular formula is C22H22FN3O2S. The molecule has 150 valence electrons. The number of aromatic nitrogens is 1. The lowest BCUT2D eigenvalue weighted by Crippen LogP contribution is -2.19. The first kappa shape index (κ1) is 19.4. The zero-order chi connectivity index (χ0) is 20.2. The average molecular weight is 412 g/mol. The number of aromatic hydroxyl groups is 2. The number of halogens is 1. The molecule has 0 amide bonds. The minimum absolute atomic E-state index is 0.189. The van der Waals surface area contributed by atoms with Crippen molar-refractivity contribution in [2.45, 2.75) is 38.1 Å². The van der Waals surface area contributed by atoms with E-state index < -0.39 is 0 Å². The van der Waals surface area contributed by atoms with Gasteiger partial charge >= 0.3 is 0 Å². The van der Waals surface area contributed by atoms with Crippen LogP contribution in [0.3, 0.4) is 0 Å². The summed E-state index contributed by atoms with van der Waals surface area (Å²) in [4.78, 5) is 5.61. The molecule has 1 aliphatic rings. The van der Waals surface area contributed by atoms with Crippen molar-refractivity contribution in [3.63, 3.8) is 0 Å². The summed E-state index contributed by atoms with van der Waals surface area (Å²) in [5.41, 5.74) is 1.70. The lowest BCUT2D eigenvalue weighted by atomic mass is 9.96. The Balaban J connectivity index is 1.78. The Morgan fingerprint density at radius 2 is 1.83 bits per heavy atom. The normalized spacial score (nSPS) is 16.0. The first-order chi connectivity index (χ1) is 14.1. The van der Waals surface area contributed by atoms with Crippen molar-refractivity contribution in [3.8, 4) is 22.8 Å². The van der Waals surface area contributed by atoms with E-state index in [1.54, 1.807) is 35.2 Å². The van der Waals surface area contributed by atoms with Gasteiger partial charge in [-0.05, 0) is 48.7 Å². The van der Waals surface area contributed by atoms with Gasteiger partial charge in [-0.25, -0.2) is 9.07 Å². The molecular weight excluding hydrogens is 389 g/mol. The number of hydrogen-bond acceptors (Lipinski definition) is 5. The first-order valence-corrected chi connectivity index (χ1v) is 10.6. The van der Waals surface area contributed by atoms with Crippen molar-refractivity contribution in [1.29, 1.82) is 0 Å². The second-order valence-corrected chi connectivity index (χ2v) is 7.95. The summed E-state index contributed by atoms with van der Waals surface area (Å²) >= 11 is 1.44. The zero-order valence-corrected chi connectivity index (χ0v) is 16.6. The van der Waals surface area contributed by atoms with Gasteiger partial charge in [0.05, 0.1) is 18.0 Å². The van der Waals surface area contributed by atoms with Crippen LogP contribution in [0.15, 0.2) is 57.9 Å². The Morgan fingerprint density at radius 3 is 2.59 bits per heavy atom. The van der Waals surface area contributed by atoms with Crippen LogP contribution in [0.1, 0.15) is 37.7 Å². The van der Waals surface area contributed by atoms with E-state index in [2.05, 4.69) is 5.10 Å². The molecule has 0 saturated heterocycles. The van der Waals surface area contributed by atoms with Crippen LogP contribution in [0.2, 0.25) is 0 Å². The zero-order valence-electron chi connectivity index (χ0n) is 15.8. The Labute approximate surface area is 172 Å². The molecule has 0 bridgehead atoms. The quantitative estimate of drug-likeness (QED) is 0.474. The van der Waals surface area contributed by atoms with Crippen molar-refractivity contribution >= 4 is 17.6 Å². The highest BCUT2D eigenvalue weighted by Crippen LogP contribution is 2.26. The predicted octanol–water partition coefficient (Wildman–Crippen LogP) is 4.88. The van der Waals surface area contributed by atoms with Gasteiger partial charge in [0.15, 0.2) is 11.5 Å². The monoisotopic (exact) mass is 411 g/mol. The Kier molecular flexibility index (Phi) is 5.76. The van der Waals surface area contributed by atoms with Crippen LogP contribution in [-0.4, -0.2) is 27.1 Å². The third-order valence-electron chi connectivity index (χ3n) is 5.02. The molecule has 0 radical (unpaired) electrons. The molecule has 1 aromatic heterocycles. The van der Waals surface area contributed by atoms with Gasteiger partial charge in [0.1, 0.15) is 5.82 Å². The maximum Gasteiger partial charge on any atom is 0.206 e. The van der Waals surface area contributed by atoms with Gasteiger partial charge in [-0.2, -0.15) is 5.10 Å². The molecule has 29 heavy (non-hydrogen) atoms. The average Bonchev–Trinajstić information content (AvgIpc) is 3.12. The summed E-state index contributed by atoms with van der Waals surface area (Å²) in [6.45, 7) is 0. The number of benzene rings is 2. The summed E-state index contributed by atoms with van der Waals surface area (Å²) in [5.74, 6) is -0.725. The van der Waals surface area contributed by atoms with Crippen molar-refractivity contribution < 1.29 is 14.6 Å². The highest BCUT2D eigenvalue weighted by Gasteiger charge is 2.15. The number of nitrogens with zero attached hydrogens (tertiary/aromatic N) is 3. The molecule has 0 aliphatic heterocycles. The number of thiazole rings is 1. The fourth-order valence-corrected chi connectivity index (χ4v) is 4.37. The van der Waals surface area contributed by atoms with Gasteiger partial charge in [0.2, 0.25) is 4.80 Å². The molecule has 1 fully saturated rings. The highest BCUT2D eigenvalue weighted by atomic mass is 32.1. The summed E-state index contributed by atoms with van der Waals surface area (Å²) in [6, 6.07) is 11.3. The van der Waals surface area contributed by atoms with Gasteiger partial charge in [-0.1, -0.05) is 31.4 Å². The van der Waals surface area contributed by atoms with Crippen LogP contribution >= 0.6 is 11.3 Å².